The van der Waals surface area contributed by atoms with Crippen molar-refractivity contribution in [1.82, 2.24) is 10.2 Å². The maximum absolute atomic E-state index is 13.5. The zero-order chi connectivity index (χ0) is 21.9. The van der Waals surface area contributed by atoms with E-state index in [0.717, 1.165) is 11.6 Å². The molecule has 2 aromatic carbocycles. The third kappa shape index (κ3) is 4.48. The van der Waals surface area contributed by atoms with E-state index in [1.165, 1.54) is 37.1 Å². The van der Waals surface area contributed by atoms with Crippen LogP contribution >= 0.6 is 0 Å². The standard InChI is InChI=1S/C22H21F3N2O3/c1-14-18(20(28)30-13-12-15-8-4-3-5-9-15)19(26-21(29)27(14)2)16-10-6-7-11-17(16)22(23,24)25/h3-11,19H,12-13H2,1-2H3,(H,26,29)/t19-/m1/s1. The van der Waals surface area contributed by atoms with Crippen LogP contribution in [0.5, 0.6) is 0 Å². The first-order valence-electron chi connectivity index (χ1n) is 9.32. The van der Waals surface area contributed by atoms with Crippen LogP contribution in [-0.4, -0.2) is 30.6 Å². The lowest BCUT2D eigenvalue weighted by atomic mass is 9.91. The van der Waals surface area contributed by atoms with Gasteiger partial charge in [-0.05, 0) is 24.1 Å². The Morgan fingerprint density at radius 3 is 2.40 bits per heavy atom. The number of carbonyl (C=O) groups excluding carboxylic acids is 2. The lowest BCUT2D eigenvalue weighted by molar-refractivity contribution is -0.141. The van der Waals surface area contributed by atoms with Gasteiger partial charge in [0.1, 0.15) is 0 Å². The second-order valence-corrected chi connectivity index (χ2v) is 6.90. The Morgan fingerprint density at radius 1 is 1.10 bits per heavy atom. The number of benzene rings is 2. The van der Waals surface area contributed by atoms with Crippen LogP contribution in [0.25, 0.3) is 0 Å². The van der Waals surface area contributed by atoms with E-state index in [9.17, 15) is 22.8 Å². The Hall–Kier alpha value is -3.29. The predicted octanol–water partition coefficient (Wildman–Crippen LogP) is 4.46. The van der Waals surface area contributed by atoms with Crippen LogP contribution in [0.3, 0.4) is 0 Å². The highest BCUT2D eigenvalue weighted by Crippen LogP contribution is 2.39. The van der Waals surface area contributed by atoms with Crippen molar-refractivity contribution in [2.45, 2.75) is 25.6 Å². The minimum absolute atomic E-state index is 0.0261. The van der Waals surface area contributed by atoms with E-state index >= 15 is 0 Å². The van der Waals surface area contributed by atoms with Crippen molar-refractivity contribution in [3.05, 3.63) is 82.6 Å². The van der Waals surface area contributed by atoms with Crippen molar-refractivity contribution in [2.75, 3.05) is 13.7 Å². The first-order valence-corrected chi connectivity index (χ1v) is 9.32. The number of urea groups is 1. The molecular weight excluding hydrogens is 397 g/mol. The molecule has 1 aliphatic rings. The average Bonchev–Trinajstić information content (AvgIpc) is 2.72. The van der Waals surface area contributed by atoms with Crippen molar-refractivity contribution in [3.8, 4) is 0 Å². The quantitative estimate of drug-likeness (QED) is 0.730. The minimum atomic E-state index is -4.64. The summed E-state index contributed by atoms with van der Waals surface area (Å²) in [6, 6.07) is 12.4. The lowest BCUT2D eigenvalue weighted by Crippen LogP contribution is -2.46. The molecular formula is C22H21F3N2O3. The van der Waals surface area contributed by atoms with Crippen molar-refractivity contribution in [3.63, 3.8) is 0 Å². The number of nitrogens with one attached hydrogen (secondary N) is 1. The van der Waals surface area contributed by atoms with Gasteiger partial charge in [-0.3, -0.25) is 0 Å². The highest BCUT2D eigenvalue weighted by atomic mass is 19.4. The maximum atomic E-state index is 13.5. The summed E-state index contributed by atoms with van der Waals surface area (Å²) in [5.74, 6) is -0.766. The topological polar surface area (TPSA) is 58.6 Å². The summed E-state index contributed by atoms with van der Waals surface area (Å²) >= 11 is 0. The van der Waals surface area contributed by atoms with Crippen LogP contribution in [0.1, 0.15) is 29.7 Å². The Morgan fingerprint density at radius 2 is 1.73 bits per heavy atom. The van der Waals surface area contributed by atoms with Gasteiger partial charge in [0.25, 0.3) is 0 Å². The van der Waals surface area contributed by atoms with Crippen molar-refractivity contribution in [2.24, 2.45) is 0 Å². The molecule has 30 heavy (non-hydrogen) atoms. The molecule has 1 heterocycles. The summed E-state index contributed by atoms with van der Waals surface area (Å²) in [5, 5.41) is 2.49. The van der Waals surface area contributed by atoms with Crippen molar-refractivity contribution >= 4 is 12.0 Å². The molecule has 0 aromatic heterocycles. The molecule has 1 N–H and O–H groups in total. The molecule has 8 heteroatoms. The fourth-order valence-electron chi connectivity index (χ4n) is 3.32. The molecule has 158 valence electrons. The van der Waals surface area contributed by atoms with Gasteiger partial charge in [0.15, 0.2) is 0 Å². The van der Waals surface area contributed by atoms with Gasteiger partial charge in [-0.15, -0.1) is 0 Å². The molecule has 0 saturated carbocycles. The largest absolute Gasteiger partial charge is 0.462 e. The number of ether oxygens (including phenoxy) is 1. The molecule has 0 aliphatic carbocycles. The smallest absolute Gasteiger partial charge is 0.416 e. The van der Waals surface area contributed by atoms with E-state index in [0.29, 0.717) is 6.42 Å². The van der Waals surface area contributed by atoms with Crippen LogP contribution in [0.4, 0.5) is 18.0 Å². The normalized spacial score (nSPS) is 17.0. The summed E-state index contributed by atoms with van der Waals surface area (Å²) in [5.41, 5.74) is 0.0550. The van der Waals surface area contributed by atoms with E-state index in [4.69, 9.17) is 4.74 Å². The zero-order valence-corrected chi connectivity index (χ0v) is 16.5. The number of halogens is 3. The molecule has 5 nitrogen and oxygen atoms in total. The molecule has 1 atom stereocenters. The van der Waals surface area contributed by atoms with E-state index in [1.807, 2.05) is 30.3 Å². The van der Waals surface area contributed by atoms with Crippen LogP contribution in [0.2, 0.25) is 0 Å². The summed E-state index contributed by atoms with van der Waals surface area (Å²) in [4.78, 5) is 26.3. The van der Waals surface area contributed by atoms with E-state index in [2.05, 4.69) is 5.32 Å². The molecule has 0 bridgehead atoms. The number of allylic oxidation sites excluding steroid dienone is 1. The summed E-state index contributed by atoms with van der Waals surface area (Å²) < 4.78 is 46.0. The molecule has 0 spiro atoms. The zero-order valence-electron chi connectivity index (χ0n) is 16.5. The first-order chi connectivity index (χ1) is 14.2. The van der Waals surface area contributed by atoms with Crippen molar-refractivity contribution in [1.29, 1.82) is 0 Å². The number of hydrogen-bond donors (Lipinski definition) is 1. The molecule has 2 amide bonds. The molecule has 0 radical (unpaired) electrons. The molecule has 1 aliphatic heterocycles. The van der Waals surface area contributed by atoms with E-state index in [-0.39, 0.29) is 23.4 Å². The number of hydrogen-bond acceptors (Lipinski definition) is 3. The fraction of sp³-hybridized carbons (Fsp3) is 0.273. The second-order valence-electron chi connectivity index (χ2n) is 6.90. The third-order valence-electron chi connectivity index (χ3n) is 5.02. The minimum Gasteiger partial charge on any atom is -0.462 e. The van der Waals surface area contributed by atoms with Gasteiger partial charge in [0.2, 0.25) is 0 Å². The Bertz CT molecular complexity index is 971. The number of amides is 2. The van der Waals surface area contributed by atoms with E-state index < -0.39 is 29.8 Å². The summed E-state index contributed by atoms with van der Waals surface area (Å²) in [6.45, 7) is 1.57. The van der Waals surface area contributed by atoms with Crippen LogP contribution in [0.15, 0.2) is 65.9 Å². The number of carbonyl (C=O) groups is 2. The second kappa shape index (κ2) is 8.61. The fourth-order valence-corrected chi connectivity index (χ4v) is 3.32. The van der Waals surface area contributed by atoms with Gasteiger partial charge in [0.05, 0.1) is 23.8 Å². The SMILES string of the molecule is CC1=C(C(=O)OCCc2ccccc2)[C@@H](c2ccccc2C(F)(F)F)NC(=O)N1C. The maximum Gasteiger partial charge on any atom is 0.416 e. The van der Waals surface area contributed by atoms with Crippen LogP contribution in [-0.2, 0) is 22.1 Å². The third-order valence-corrected chi connectivity index (χ3v) is 5.02. The highest BCUT2D eigenvalue weighted by molar-refractivity contribution is 5.95. The highest BCUT2D eigenvalue weighted by Gasteiger charge is 2.41. The van der Waals surface area contributed by atoms with Gasteiger partial charge in [-0.1, -0.05) is 48.5 Å². The molecule has 2 aromatic rings. The predicted molar refractivity (Wildman–Crippen MR) is 104 cm³/mol. The Labute approximate surface area is 172 Å². The van der Waals surface area contributed by atoms with Gasteiger partial charge >= 0.3 is 18.2 Å². The molecule has 0 fully saturated rings. The molecule has 3 rings (SSSR count). The van der Waals surface area contributed by atoms with Crippen molar-refractivity contribution < 1.29 is 27.5 Å². The summed E-state index contributed by atoms with van der Waals surface area (Å²) in [7, 11) is 1.44. The Balaban J connectivity index is 1.91. The van der Waals surface area contributed by atoms with E-state index in [1.54, 1.807) is 0 Å². The van der Waals surface area contributed by atoms with Gasteiger partial charge in [-0.2, -0.15) is 13.2 Å². The average molecular weight is 418 g/mol. The monoisotopic (exact) mass is 418 g/mol. The number of esters is 1. The molecule has 0 unspecified atom stereocenters. The first kappa shape index (κ1) is 21.4. The number of alkyl halides is 3. The van der Waals surface area contributed by atoms with Gasteiger partial charge in [-0.25, -0.2) is 9.59 Å². The number of rotatable bonds is 5. The number of nitrogens with zero attached hydrogens (tertiary/aromatic N) is 1. The Kier molecular flexibility index (Phi) is 6.14. The summed E-state index contributed by atoms with van der Waals surface area (Å²) in [6.07, 6.45) is -4.17. The lowest BCUT2D eigenvalue weighted by Gasteiger charge is -2.34. The van der Waals surface area contributed by atoms with Crippen LogP contribution in [0, 0.1) is 0 Å². The molecule has 0 saturated heterocycles. The van der Waals surface area contributed by atoms with Gasteiger partial charge < -0.3 is 15.0 Å². The van der Waals surface area contributed by atoms with Gasteiger partial charge in [0, 0.05) is 19.2 Å². The van der Waals surface area contributed by atoms with Crippen LogP contribution < -0.4 is 5.32 Å².